The molecule has 2 fully saturated rings. The Balaban J connectivity index is 1.89. The molecule has 1 spiro atoms. The van der Waals surface area contributed by atoms with Crippen molar-refractivity contribution in [3.63, 3.8) is 0 Å². The van der Waals surface area contributed by atoms with E-state index >= 15 is 0 Å². The Bertz CT molecular complexity index is 367. The van der Waals surface area contributed by atoms with Crippen LogP contribution >= 0.6 is 0 Å². The minimum atomic E-state index is -0.278. The number of nitrogens with zero attached hydrogens (tertiary/aromatic N) is 2. The summed E-state index contributed by atoms with van der Waals surface area (Å²) in [5.74, 6) is 0.151. The van der Waals surface area contributed by atoms with Gasteiger partial charge in [0.2, 0.25) is 0 Å². The van der Waals surface area contributed by atoms with Crippen molar-refractivity contribution >= 4 is 5.91 Å². The summed E-state index contributed by atoms with van der Waals surface area (Å²) in [6, 6.07) is 0. The summed E-state index contributed by atoms with van der Waals surface area (Å²) in [7, 11) is 0. The topological polar surface area (TPSA) is 32.8 Å². The van der Waals surface area contributed by atoms with Crippen LogP contribution in [0.5, 0.6) is 0 Å². The number of likely N-dealkylation sites (N-methyl/N-ethyl adjacent to an activating group) is 1. The van der Waals surface area contributed by atoms with Crippen LogP contribution in [0.1, 0.15) is 53.9 Å². The SMILES string of the molecule is CCN1CC2(CCN(CCC(C)(C)C)CC2)OC(C)C1=O. The smallest absolute Gasteiger partial charge is 0.251 e. The van der Waals surface area contributed by atoms with Gasteiger partial charge in [-0.2, -0.15) is 0 Å². The maximum atomic E-state index is 12.1. The Labute approximate surface area is 129 Å². The first kappa shape index (κ1) is 16.8. The molecule has 1 atom stereocenters. The fourth-order valence-corrected chi connectivity index (χ4v) is 3.37. The molecule has 2 aliphatic heterocycles. The maximum Gasteiger partial charge on any atom is 0.251 e. The number of piperidine rings is 1. The number of amides is 1. The van der Waals surface area contributed by atoms with Crippen LogP contribution in [0.2, 0.25) is 0 Å². The molecule has 4 heteroatoms. The van der Waals surface area contributed by atoms with E-state index < -0.39 is 0 Å². The molecule has 4 nitrogen and oxygen atoms in total. The molecule has 0 N–H and O–H groups in total. The Morgan fingerprint density at radius 3 is 2.43 bits per heavy atom. The van der Waals surface area contributed by atoms with Crippen molar-refractivity contribution in [3.8, 4) is 0 Å². The van der Waals surface area contributed by atoms with Crippen LogP contribution < -0.4 is 0 Å². The first-order valence-electron chi connectivity index (χ1n) is 8.44. The predicted octanol–water partition coefficient (Wildman–Crippen LogP) is 2.52. The number of rotatable bonds is 3. The van der Waals surface area contributed by atoms with Crippen LogP contribution in [0, 0.1) is 5.41 Å². The first-order chi connectivity index (χ1) is 9.75. The average molecular weight is 296 g/mol. The monoisotopic (exact) mass is 296 g/mol. The summed E-state index contributed by atoms with van der Waals surface area (Å²) < 4.78 is 6.13. The van der Waals surface area contributed by atoms with E-state index in [-0.39, 0.29) is 17.6 Å². The number of morpholine rings is 1. The number of hydrogen-bond acceptors (Lipinski definition) is 3. The summed E-state index contributed by atoms with van der Waals surface area (Å²) in [5, 5.41) is 0. The molecule has 1 amide bonds. The van der Waals surface area contributed by atoms with Crippen LogP contribution in [-0.4, -0.2) is 60.1 Å². The third-order valence-electron chi connectivity index (χ3n) is 4.89. The van der Waals surface area contributed by atoms with E-state index in [1.807, 2.05) is 11.8 Å². The van der Waals surface area contributed by atoms with Gasteiger partial charge in [-0.1, -0.05) is 20.8 Å². The van der Waals surface area contributed by atoms with Crippen molar-refractivity contribution < 1.29 is 9.53 Å². The molecular formula is C17H32N2O2. The standard InChI is InChI=1S/C17H32N2O2/c1-6-19-13-17(21-14(2)15(19)20)8-11-18(12-9-17)10-7-16(3,4)5/h14H,6-13H2,1-5H3. The molecule has 2 rings (SSSR count). The molecule has 1 unspecified atom stereocenters. The van der Waals surface area contributed by atoms with E-state index in [1.165, 1.54) is 13.0 Å². The normalized spacial score (nSPS) is 27.4. The highest BCUT2D eigenvalue weighted by atomic mass is 16.5. The third-order valence-corrected chi connectivity index (χ3v) is 4.89. The number of carbonyl (C=O) groups excluding carboxylic acids is 1. The number of carbonyl (C=O) groups is 1. The molecule has 0 aromatic heterocycles. The maximum absolute atomic E-state index is 12.1. The van der Waals surface area contributed by atoms with Gasteiger partial charge in [0, 0.05) is 26.2 Å². The summed E-state index contributed by atoms with van der Waals surface area (Å²) in [4.78, 5) is 16.6. The highest BCUT2D eigenvalue weighted by Crippen LogP contribution is 2.33. The summed E-state index contributed by atoms with van der Waals surface area (Å²) in [6.07, 6.45) is 3.05. The van der Waals surface area contributed by atoms with Crippen molar-refractivity contribution in [2.45, 2.75) is 65.6 Å². The number of ether oxygens (including phenoxy) is 1. The van der Waals surface area contributed by atoms with Gasteiger partial charge in [-0.15, -0.1) is 0 Å². The molecule has 0 radical (unpaired) electrons. The second-order valence-electron chi connectivity index (χ2n) is 7.95. The number of hydrogen-bond donors (Lipinski definition) is 0. The van der Waals surface area contributed by atoms with Gasteiger partial charge in [-0.25, -0.2) is 0 Å². The van der Waals surface area contributed by atoms with Crippen molar-refractivity contribution in [1.82, 2.24) is 9.80 Å². The van der Waals surface area contributed by atoms with Gasteiger partial charge in [0.25, 0.3) is 5.91 Å². The zero-order valence-electron chi connectivity index (χ0n) is 14.4. The van der Waals surface area contributed by atoms with E-state index in [9.17, 15) is 4.79 Å². The van der Waals surface area contributed by atoms with Gasteiger partial charge in [0.05, 0.1) is 5.60 Å². The van der Waals surface area contributed by atoms with E-state index in [0.29, 0.717) is 5.41 Å². The van der Waals surface area contributed by atoms with E-state index in [0.717, 1.165) is 39.0 Å². The Kier molecular flexibility index (Phi) is 4.99. The van der Waals surface area contributed by atoms with Gasteiger partial charge in [0.15, 0.2) is 0 Å². The zero-order chi connectivity index (χ0) is 15.7. The van der Waals surface area contributed by atoms with Crippen molar-refractivity contribution in [2.75, 3.05) is 32.7 Å². The Morgan fingerprint density at radius 1 is 1.29 bits per heavy atom. The quantitative estimate of drug-likeness (QED) is 0.802. The lowest BCUT2D eigenvalue weighted by molar-refractivity contribution is -0.189. The molecule has 0 saturated carbocycles. The first-order valence-corrected chi connectivity index (χ1v) is 8.44. The van der Waals surface area contributed by atoms with Gasteiger partial charge in [-0.3, -0.25) is 4.79 Å². The fraction of sp³-hybridized carbons (Fsp3) is 0.941. The minimum absolute atomic E-state index is 0.0957. The molecule has 2 aliphatic rings. The molecule has 2 saturated heterocycles. The Hall–Kier alpha value is -0.610. The van der Waals surface area contributed by atoms with Crippen LogP contribution in [0.4, 0.5) is 0 Å². The summed E-state index contributed by atoms with van der Waals surface area (Å²) >= 11 is 0. The van der Waals surface area contributed by atoms with Crippen LogP contribution in [0.3, 0.4) is 0 Å². The lowest BCUT2D eigenvalue weighted by atomic mass is 9.87. The molecule has 0 aromatic carbocycles. The third kappa shape index (κ3) is 4.19. The summed E-state index contributed by atoms with van der Waals surface area (Å²) in [5.41, 5.74) is 0.304. The van der Waals surface area contributed by atoms with Crippen LogP contribution in [0.15, 0.2) is 0 Å². The molecule has 0 aliphatic carbocycles. The number of likely N-dealkylation sites (tertiary alicyclic amines) is 1. The molecule has 122 valence electrons. The second kappa shape index (κ2) is 6.25. The largest absolute Gasteiger partial charge is 0.360 e. The predicted molar refractivity (Wildman–Crippen MR) is 85.3 cm³/mol. The molecule has 21 heavy (non-hydrogen) atoms. The Morgan fingerprint density at radius 2 is 1.90 bits per heavy atom. The van der Waals surface area contributed by atoms with Crippen LogP contribution in [-0.2, 0) is 9.53 Å². The van der Waals surface area contributed by atoms with Crippen LogP contribution in [0.25, 0.3) is 0 Å². The van der Waals surface area contributed by atoms with Crippen molar-refractivity contribution in [1.29, 1.82) is 0 Å². The molecular weight excluding hydrogens is 264 g/mol. The van der Waals surface area contributed by atoms with Crippen molar-refractivity contribution in [2.24, 2.45) is 5.41 Å². The fourth-order valence-electron chi connectivity index (χ4n) is 3.37. The lowest BCUT2D eigenvalue weighted by Gasteiger charge is -2.49. The zero-order valence-corrected chi connectivity index (χ0v) is 14.4. The van der Waals surface area contributed by atoms with Crippen molar-refractivity contribution in [3.05, 3.63) is 0 Å². The average Bonchev–Trinajstić information content (AvgIpc) is 2.41. The van der Waals surface area contributed by atoms with E-state index in [1.54, 1.807) is 0 Å². The van der Waals surface area contributed by atoms with E-state index in [2.05, 4.69) is 32.6 Å². The van der Waals surface area contributed by atoms with Gasteiger partial charge in [0.1, 0.15) is 6.10 Å². The van der Waals surface area contributed by atoms with Gasteiger partial charge >= 0.3 is 0 Å². The minimum Gasteiger partial charge on any atom is -0.360 e. The lowest BCUT2D eigenvalue weighted by Crippen LogP contribution is -2.61. The second-order valence-corrected chi connectivity index (χ2v) is 7.95. The molecule has 0 bridgehead atoms. The summed E-state index contributed by atoms with van der Waals surface area (Å²) in [6.45, 7) is 15.8. The van der Waals surface area contributed by atoms with E-state index in [4.69, 9.17) is 4.74 Å². The highest BCUT2D eigenvalue weighted by molar-refractivity contribution is 5.81. The highest BCUT2D eigenvalue weighted by Gasteiger charge is 2.44. The molecule has 0 aromatic rings. The molecule has 2 heterocycles. The van der Waals surface area contributed by atoms with Gasteiger partial charge < -0.3 is 14.5 Å². The van der Waals surface area contributed by atoms with Gasteiger partial charge in [-0.05, 0) is 45.1 Å².